The Hall–Kier alpha value is -3.57. The fourth-order valence-corrected chi connectivity index (χ4v) is 4.90. The van der Waals surface area contributed by atoms with Crippen LogP contribution >= 0.6 is 11.6 Å². The maximum Gasteiger partial charge on any atom is 0.161 e. The second-order valence-corrected chi connectivity index (χ2v) is 8.11. The molecule has 0 aromatic heterocycles. The van der Waals surface area contributed by atoms with Crippen LogP contribution in [0.3, 0.4) is 0 Å². The summed E-state index contributed by atoms with van der Waals surface area (Å²) in [6, 6.07) is 15.9. The van der Waals surface area contributed by atoms with Crippen LogP contribution in [0.2, 0.25) is 5.02 Å². The van der Waals surface area contributed by atoms with Crippen LogP contribution in [0.5, 0.6) is 28.7 Å². The molecule has 6 heteroatoms. The van der Waals surface area contributed by atoms with E-state index < -0.39 is 0 Å². The number of ether oxygens (including phenoxy) is 5. The molecule has 0 atom stereocenters. The average Bonchev–Trinajstić information content (AvgIpc) is 2.86. The SMILES string of the molecule is COc1ccc2c(Cl)cc3c4cc(OC)c(OC)cc4c4cc(OC)c(OC)cc4c3c2c1. The molecule has 33 heavy (non-hydrogen) atoms. The highest BCUT2D eigenvalue weighted by Crippen LogP contribution is 2.47. The fourth-order valence-electron chi connectivity index (χ4n) is 4.62. The molecule has 168 valence electrons. The van der Waals surface area contributed by atoms with Crippen LogP contribution < -0.4 is 23.7 Å². The summed E-state index contributed by atoms with van der Waals surface area (Å²) >= 11 is 6.78. The van der Waals surface area contributed by atoms with Gasteiger partial charge in [-0.2, -0.15) is 0 Å². The Morgan fingerprint density at radius 1 is 0.455 bits per heavy atom. The number of benzene rings is 5. The third kappa shape index (κ3) is 3.15. The van der Waals surface area contributed by atoms with Gasteiger partial charge in [0.2, 0.25) is 0 Å². The molecule has 5 nitrogen and oxygen atoms in total. The van der Waals surface area contributed by atoms with Gasteiger partial charge in [0.05, 0.1) is 35.5 Å². The normalized spacial score (nSPS) is 11.3. The summed E-state index contributed by atoms with van der Waals surface area (Å²) in [6.07, 6.45) is 0. The molecule has 0 fully saturated rings. The molecule has 0 aliphatic heterocycles. The summed E-state index contributed by atoms with van der Waals surface area (Å²) in [7, 11) is 8.20. The van der Waals surface area contributed by atoms with Gasteiger partial charge in [0.25, 0.3) is 0 Å². The monoisotopic (exact) mass is 462 g/mol. The van der Waals surface area contributed by atoms with Crippen LogP contribution in [-0.2, 0) is 0 Å². The van der Waals surface area contributed by atoms with E-state index in [9.17, 15) is 0 Å². The van der Waals surface area contributed by atoms with Crippen LogP contribution in [-0.4, -0.2) is 35.5 Å². The topological polar surface area (TPSA) is 46.2 Å². The maximum atomic E-state index is 6.78. The van der Waals surface area contributed by atoms with Crippen molar-refractivity contribution < 1.29 is 23.7 Å². The van der Waals surface area contributed by atoms with E-state index in [-0.39, 0.29) is 0 Å². The Kier molecular flexibility index (Phi) is 5.22. The van der Waals surface area contributed by atoms with E-state index in [0.29, 0.717) is 28.0 Å². The van der Waals surface area contributed by atoms with Gasteiger partial charge >= 0.3 is 0 Å². The first-order valence-electron chi connectivity index (χ1n) is 10.4. The Balaban J connectivity index is 2.13. The van der Waals surface area contributed by atoms with E-state index in [1.807, 2.05) is 48.5 Å². The van der Waals surface area contributed by atoms with E-state index in [1.165, 1.54) is 0 Å². The van der Waals surface area contributed by atoms with Gasteiger partial charge in [0.1, 0.15) is 5.75 Å². The van der Waals surface area contributed by atoms with E-state index >= 15 is 0 Å². The van der Waals surface area contributed by atoms with Crippen molar-refractivity contribution in [3.8, 4) is 28.7 Å². The molecule has 5 aromatic carbocycles. The molecule has 0 unspecified atom stereocenters. The van der Waals surface area contributed by atoms with Gasteiger partial charge in [0.15, 0.2) is 23.0 Å². The van der Waals surface area contributed by atoms with E-state index in [4.69, 9.17) is 35.3 Å². The molecule has 0 amide bonds. The summed E-state index contributed by atoms with van der Waals surface area (Å²) in [5.74, 6) is 3.35. The minimum absolute atomic E-state index is 0.646. The lowest BCUT2D eigenvalue weighted by atomic mass is 9.90. The first kappa shape index (κ1) is 21.3. The lowest BCUT2D eigenvalue weighted by Crippen LogP contribution is -1.95. The van der Waals surface area contributed by atoms with Crippen molar-refractivity contribution in [1.29, 1.82) is 0 Å². The number of hydrogen-bond acceptors (Lipinski definition) is 5. The minimum atomic E-state index is 0.646. The molecule has 0 saturated carbocycles. The average molecular weight is 463 g/mol. The van der Waals surface area contributed by atoms with Crippen molar-refractivity contribution in [1.82, 2.24) is 0 Å². The minimum Gasteiger partial charge on any atom is -0.497 e. The van der Waals surface area contributed by atoms with E-state index in [0.717, 1.165) is 48.8 Å². The number of rotatable bonds is 5. The van der Waals surface area contributed by atoms with Gasteiger partial charge in [-0.05, 0) is 86.2 Å². The van der Waals surface area contributed by atoms with E-state index in [2.05, 4.69) is 0 Å². The summed E-state index contributed by atoms with van der Waals surface area (Å²) in [5.41, 5.74) is 0. The van der Waals surface area contributed by atoms with Crippen LogP contribution in [0, 0.1) is 0 Å². The second kappa shape index (κ2) is 8.09. The first-order valence-corrected chi connectivity index (χ1v) is 10.8. The molecular formula is C27H23ClO5. The van der Waals surface area contributed by atoms with E-state index in [1.54, 1.807) is 35.5 Å². The molecule has 0 N–H and O–H groups in total. The maximum absolute atomic E-state index is 6.78. The van der Waals surface area contributed by atoms with Gasteiger partial charge in [-0.25, -0.2) is 0 Å². The van der Waals surface area contributed by atoms with Gasteiger partial charge in [-0.3, -0.25) is 0 Å². The molecule has 0 aliphatic carbocycles. The molecular weight excluding hydrogens is 440 g/mol. The third-order valence-electron chi connectivity index (χ3n) is 6.19. The predicted molar refractivity (Wildman–Crippen MR) is 134 cm³/mol. The molecule has 5 rings (SSSR count). The van der Waals surface area contributed by atoms with Gasteiger partial charge in [0, 0.05) is 10.4 Å². The Labute approximate surface area is 196 Å². The van der Waals surface area contributed by atoms with Crippen LogP contribution in [0.25, 0.3) is 43.1 Å². The van der Waals surface area contributed by atoms with Crippen molar-refractivity contribution in [3.05, 3.63) is 53.6 Å². The van der Waals surface area contributed by atoms with Crippen molar-refractivity contribution in [3.63, 3.8) is 0 Å². The number of fused-ring (bicyclic) bond motifs is 8. The van der Waals surface area contributed by atoms with Crippen molar-refractivity contribution >= 4 is 54.7 Å². The number of hydrogen-bond donors (Lipinski definition) is 0. The summed E-state index contributed by atoms with van der Waals surface area (Å²) in [4.78, 5) is 0. The highest BCUT2D eigenvalue weighted by Gasteiger charge is 2.19. The fraction of sp³-hybridized carbons (Fsp3) is 0.185. The molecule has 0 saturated heterocycles. The molecule has 0 radical (unpaired) electrons. The first-order chi connectivity index (χ1) is 16.0. The van der Waals surface area contributed by atoms with Crippen LogP contribution in [0.4, 0.5) is 0 Å². The Morgan fingerprint density at radius 3 is 1.36 bits per heavy atom. The zero-order valence-corrected chi connectivity index (χ0v) is 19.8. The van der Waals surface area contributed by atoms with Crippen LogP contribution in [0.1, 0.15) is 0 Å². The van der Waals surface area contributed by atoms with Crippen molar-refractivity contribution in [2.24, 2.45) is 0 Å². The van der Waals surface area contributed by atoms with Crippen LogP contribution in [0.15, 0.2) is 48.5 Å². The molecule has 0 aliphatic rings. The smallest absolute Gasteiger partial charge is 0.161 e. The Bertz CT molecular complexity index is 1560. The lowest BCUT2D eigenvalue weighted by molar-refractivity contribution is 0.355. The second-order valence-electron chi connectivity index (χ2n) is 7.70. The van der Waals surface area contributed by atoms with Crippen molar-refractivity contribution in [2.45, 2.75) is 0 Å². The number of methoxy groups -OCH3 is 5. The Morgan fingerprint density at radius 2 is 0.879 bits per heavy atom. The molecule has 0 bridgehead atoms. The summed E-state index contributed by atoms with van der Waals surface area (Å²) in [5, 5.41) is 8.64. The quantitative estimate of drug-likeness (QED) is 0.263. The van der Waals surface area contributed by atoms with Gasteiger partial charge in [-0.15, -0.1) is 0 Å². The zero-order chi connectivity index (χ0) is 23.3. The van der Waals surface area contributed by atoms with Crippen molar-refractivity contribution in [2.75, 3.05) is 35.5 Å². The largest absolute Gasteiger partial charge is 0.497 e. The van der Waals surface area contributed by atoms with Gasteiger partial charge < -0.3 is 23.7 Å². The highest BCUT2D eigenvalue weighted by molar-refractivity contribution is 6.41. The predicted octanol–water partition coefficient (Wildman–Crippen LogP) is 7.00. The zero-order valence-electron chi connectivity index (χ0n) is 19.0. The summed E-state index contributed by atoms with van der Waals surface area (Å²) in [6.45, 7) is 0. The standard InChI is InChI=1S/C27H23ClO5/c1-29-14-6-7-15-19(8-14)27-20(9-22(15)28)17-11-24(31-3)23(30-2)10-16(17)18-12-25(32-4)26(33-5)13-21(18)27/h6-13H,1-5H3. The lowest BCUT2D eigenvalue weighted by Gasteiger charge is -2.18. The molecule has 0 spiro atoms. The third-order valence-corrected chi connectivity index (χ3v) is 6.50. The summed E-state index contributed by atoms with van der Waals surface area (Å²) < 4.78 is 28.0. The molecule has 5 aromatic rings. The molecule has 0 heterocycles. The van der Waals surface area contributed by atoms with Gasteiger partial charge in [-0.1, -0.05) is 11.6 Å². The highest BCUT2D eigenvalue weighted by atomic mass is 35.5. The number of halogens is 1.